The van der Waals surface area contributed by atoms with Gasteiger partial charge in [-0.1, -0.05) is 12.1 Å². The van der Waals surface area contributed by atoms with Crippen LogP contribution < -0.4 is 17.0 Å². The van der Waals surface area contributed by atoms with E-state index < -0.39 is 11.8 Å². The summed E-state index contributed by atoms with van der Waals surface area (Å²) in [5, 5.41) is 1.08. The van der Waals surface area contributed by atoms with Crippen molar-refractivity contribution in [2.24, 2.45) is 17.4 Å². The summed E-state index contributed by atoms with van der Waals surface area (Å²) in [7, 11) is 0. The topological polar surface area (TPSA) is 144 Å². The third-order valence-electron chi connectivity index (χ3n) is 6.69. The Balaban J connectivity index is 0.000000139. The number of aromatic nitrogens is 2. The first-order valence-corrected chi connectivity index (χ1v) is 13.1. The van der Waals surface area contributed by atoms with E-state index >= 15 is 0 Å². The largest absolute Gasteiger partial charge is 0.366 e. The SMILES string of the molecule is NC(=O)c1ccc(-n2ccccc2=O)cc1.NC(=O)c1ccc2cc[nH]c2c1.O=C(C1CC1)N1CCCCC1. The Kier molecular flexibility index (Phi) is 8.94. The van der Waals surface area contributed by atoms with Gasteiger partial charge in [-0.15, -0.1) is 0 Å². The molecule has 9 heteroatoms. The number of piperidine rings is 1. The number of hydrogen-bond acceptors (Lipinski definition) is 4. The molecule has 0 radical (unpaired) electrons. The molecule has 0 atom stereocenters. The van der Waals surface area contributed by atoms with Crippen LogP contribution in [-0.2, 0) is 4.79 Å². The molecular weight excluding hydrogens is 494 g/mol. The minimum Gasteiger partial charge on any atom is -0.366 e. The maximum atomic E-state index is 11.5. The molecule has 3 amide bonds. The summed E-state index contributed by atoms with van der Waals surface area (Å²) in [5.41, 5.74) is 12.7. The number of nitrogens with one attached hydrogen (secondary N) is 1. The van der Waals surface area contributed by atoms with Gasteiger partial charge in [0.2, 0.25) is 17.7 Å². The highest BCUT2D eigenvalue weighted by Gasteiger charge is 2.33. The lowest BCUT2D eigenvalue weighted by Gasteiger charge is -2.26. The summed E-state index contributed by atoms with van der Waals surface area (Å²) in [6, 6.07) is 18.8. The van der Waals surface area contributed by atoms with Gasteiger partial charge in [-0.05, 0) is 86.0 Å². The van der Waals surface area contributed by atoms with Gasteiger partial charge >= 0.3 is 0 Å². The number of nitrogens with two attached hydrogens (primary N) is 2. The molecule has 1 aliphatic carbocycles. The zero-order valence-corrected chi connectivity index (χ0v) is 21.7. The fraction of sp³-hybridized carbons (Fsp3) is 0.267. The highest BCUT2D eigenvalue weighted by atomic mass is 16.2. The predicted octanol–water partition coefficient (Wildman–Crippen LogP) is 3.61. The zero-order valence-electron chi connectivity index (χ0n) is 21.7. The molecule has 4 aromatic rings. The van der Waals surface area contributed by atoms with Crippen molar-refractivity contribution in [2.75, 3.05) is 13.1 Å². The van der Waals surface area contributed by atoms with Crippen molar-refractivity contribution in [3.8, 4) is 5.69 Å². The Morgan fingerprint density at radius 2 is 1.46 bits per heavy atom. The molecule has 6 rings (SSSR count). The second kappa shape index (κ2) is 12.7. The number of fused-ring (bicyclic) bond motifs is 1. The standard InChI is InChI=1S/C12H10N2O2.C9H8N2O.C9H15NO/c13-12(16)9-4-6-10(7-5-9)14-8-2-1-3-11(14)15;10-9(12)7-2-1-6-3-4-11-8(6)5-7;11-9(8-4-5-8)10-6-2-1-3-7-10/h1-8H,(H2,13,16);1-5,11H,(H2,10,12);8H,1-7H2. The van der Waals surface area contributed by atoms with Crippen molar-refractivity contribution >= 4 is 28.6 Å². The van der Waals surface area contributed by atoms with Crippen LogP contribution >= 0.6 is 0 Å². The number of carbonyl (C=O) groups is 3. The quantitative estimate of drug-likeness (QED) is 0.372. The van der Waals surface area contributed by atoms with Gasteiger partial charge in [-0.25, -0.2) is 0 Å². The van der Waals surface area contributed by atoms with E-state index in [4.69, 9.17) is 11.5 Å². The summed E-state index contributed by atoms with van der Waals surface area (Å²) >= 11 is 0. The molecule has 5 N–H and O–H groups in total. The highest BCUT2D eigenvalue weighted by molar-refractivity contribution is 5.96. The smallest absolute Gasteiger partial charge is 0.255 e. The van der Waals surface area contributed by atoms with Crippen molar-refractivity contribution in [3.63, 3.8) is 0 Å². The first-order chi connectivity index (χ1) is 18.8. The molecule has 3 heterocycles. The van der Waals surface area contributed by atoms with Crippen LogP contribution in [0.5, 0.6) is 0 Å². The van der Waals surface area contributed by atoms with Gasteiger partial charge in [0.25, 0.3) is 5.56 Å². The van der Waals surface area contributed by atoms with E-state index in [1.165, 1.54) is 29.9 Å². The number of amides is 3. The highest BCUT2D eigenvalue weighted by Crippen LogP contribution is 2.31. The molecule has 202 valence electrons. The van der Waals surface area contributed by atoms with E-state index in [0.717, 1.165) is 36.8 Å². The number of benzene rings is 2. The van der Waals surface area contributed by atoms with Gasteiger partial charge in [0.1, 0.15) is 0 Å². The molecule has 2 aromatic heterocycles. The Hall–Kier alpha value is -4.66. The summed E-state index contributed by atoms with van der Waals surface area (Å²) in [5.74, 6) is -0.0174. The lowest BCUT2D eigenvalue weighted by molar-refractivity contribution is -0.133. The first kappa shape index (κ1) is 27.4. The van der Waals surface area contributed by atoms with Gasteiger partial charge in [-0.2, -0.15) is 0 Å². The molecule has 2 aliphatic rings. The lowest BCUT2D eigenvalue weighted by atomic mass is 10.1. The molecule has 39 heavy (non-hydrogen) atoms. The third kappa shape index (κ3) is 7.44. The molecule has 2 aromatic carbocycles. The normalized spacial score (nSPS) is 14.4. The van der Waals surface area contributed by atoms with E-state index in [1.54, 1.807) is 54.7 Å². The predicted molar refractivity (Wildman–Crippen MR) is 151 cm³/mol. The second-order valence-corrected chi connectivity index (χ2v) is 9.62. The van der Waals surface area contributed by atoms with Crippen LogP contribution in [0.4, 0.5) is 0 Å². The van der Waals surface area contributed by atoms with Crippen molar-refractivity contribution in [2.45, 2.75) is 32.1 Å². The maximum Gasteiger partial charge on any atom is 0.255 e. The molecule has 0 spiro atoms. The van der Waals surface area contributed by atoms with E-state index in [0.29, 0.717) is 28.6 Å². The summed E-state index contributed by atoms with van der Waals surface area (Å²) in [4.78, 5) is 49.7. The molecule has 1 aliphatic heterocycles. The lowest BCUT2D eigenvalue weighted by Crippen LogP contribution is -2.36. The van der Waals surface area contributed by atoms with Gasteiger partial charge in [0.15, 0.2) is 0 Å². The van der Waals surface area contributed by atoms with Gasteiger partial charge < -0.3 is 21.4 Å². The monoisotopic (exact) mass is 527 g/mol. The number of likely N-dealkylation sites (tertiary alicyclic amines) is 1. The minimum absolute atomic E-state index is 0.116. The molecular formula is C30H33N5O4. The Bertz CT molecular complexity index is 1500. The number of H-pyrrole nitrogens is 1. The zero-order chi connectivity index (χ0) is 27.8. The van der Waals surface area contributed by atoms with Crippen LogP contribution in [0.2, 0.25) is 0 Å². The van der Waals surface area contributed by atoms with Crippen molar-refractivity contribution in [3.05, 3.63) is 101 Å². The second-order valence-electron chi connectivity index (χ2n) is 9.62. The summed E-state index contributed by atoms with van der Waals surface area (Å²) < 4.78 is 1.49. The maximum absolute atomic E-state index is 11.5. The fourth-order valence-corrected chi connectivity index (χ4v) is 4.33. The van der Waals surface area contributed by atoms with Crippen LogP contribution in [0.25, 0.3) is 16.6 Å². The molecule has 0 bridgehead atoms. The van der Waals surface area contributed by atoms with E-state index in [1.807, 2.05) is 18.3 Å². The molecule has 2 fully saturated rings. The summed E-state index contributed by atoms with van der Waals surface area (Å²) in [6.07, 6.45) is 9.55. The number of rotatable bonds is 4. The van der Waals surface area contributed by atoms with Crippen LogP contribution in [0, 0.1) is 5.92 Å². The van der Waals surface area contributed by atoms with Gasteiger partial charge in [-0.3, -0.25) is 23.7 Å². The minimum atomic E-state index is -0.480. The summed E-state index contributed by atoms with van der Waals surface area (Å²) in [6.45, 7) is 2.05. The number of hydrogen-bond donors (Lipinski definition) is 3. The van der Waals surface area contributed by atoms with Crippen LogP contribution in [-0.4, -0.2) is 45.3 Å². The number of nitrogens with zero attached hydrogens (tertiary/aromatic N) is 2. The Morgan fingerprint density at radius 3 is 2.08 bits per heavy atom. The van der Waals surface area contributed by atoms with Crippen molar-refractivity contribution in [1.82, 2.24) is 14.5 Å². The van der Waals surface area contributed by atoms with Gasteiger partial charge in [0.05, 0.1) is 0 Å². The van der Waals surface area contributed by atoms with Crippen molar-refractivity contribution < 1.29 is 14.4 Å². The molecule has 1 saturated carbocycles. The van der Waals surface area contributed by atoms with Gasteiger partial charge in [0, 0.05) is 59.8 Å². The van der Waals surface area contributed by atoms with Crippen molar-refractivity contribution in [1.29, 1.82) is 0 Å². The number of pyridine rings is 1. The first-order valence-electron chi connectivity index (χ1n) is 13.1. The Morgan fingerprint density at radius 1 is 0.795 bits per heavy atom. The van der Waals surface area contributed by atoms with E-state index in [2.05, 4.69) is 9.88 Å². The van der Waals surface area contributed by atoms with Crippen LogP contribution in [0.15, 0.2) is 83.9 Å². The average molecular weight is 528 g/mol. The molecule has 9 nitrogen and oxygen atoms in total. The van der Waals surface area contributed by atoms with Crippen LogP contribution in [0.1, 0.15) is 52.8 Å². The Labute approximate surface area is 226 Å². The van der Waals surface area contributed by atoms with E-state index in [-0.39, 0.29) is 5.56 Å². The molecule has 1 saturated heterocycles. The molecule has 0 unspecified atom stereocenters. The van der Waals surface area contributed by atoms with E-state index in [9.17, 15) is 19.2 Å². The number of primary amides is 2. The average Bonchev–Trinajstić information content (AvgIpc) is 3.70. The third-order valence-corrected chi connectivity index (χ3v) is 6.69. The fourth-order valence-electron chi connectivity index (χ4n) is 4.33. The number of carbonyl (C=O) groups excluding carboxylic acids is 3. The number of aromatic amines is 1. The van der Waals surface area contributed by atoms with Crippen LogP contribution in [0.3, 0.4) is 0 Å².